The standard InChI is InChI=1S/C16H20N2O5/c19-11-16(22)6-3-8-17(9-7-16)14(20)10-18-12-4-1-2-5-13(12)23-15(18)21/h1-2,4-5,19,22H,3,6-11H2/t16-/m0/s1. The van der Waals surface area contributed by atoms with Gasteiger partial charge in [-0.2, -0.15) is 0 Å². The summed E-state index contributed by atoms with van der Waals surface area (Å²) in [7, 11) is 0. The maximum Gasteiger partial charge on any atom is 0.420 e. The van der Waals surface area contributed by atoms with Gasteiger partial charge in [-0.1, -0.05) is 12.1 Å². The number of aliphatic hydroxyl groups excluding tert-OH is 1. The van der Waals surface area contributed by atoms with Gasteiger partial charge in [0.25, 0.3) is 0 Å². The van der Waals surface area contributed by atoms with Gasteiger partial charge in [-0.15, -0.1) is 0 Å². The Labute approximate surface area is 132 Å². The lowest BCUT2D eigenvalue weighted by Gasteiger charge is -2.24. The lowest BCUT2D eigenvalue weighted by Crippen LogP contribution is -2.38. The summed E-state index contributed by atoms with van der Waals surface area (Å²) in [6, 6.07) is 6.97. The molecule has 1 aromatic heterocycles. The number of hydrogen-bond acceptors (Lipinski definition) is 5. The first kappa shape index (κ1) is 15.8. The van der Waals surface area contributed by atoms with Crippen molar-refractivity contribution in [2.75, 3.05) is 19.7 Å². The van der Waals surface area contributed by atoms with E-state index >= 15 is 0 Å². The third-order valence-electron chi connectivity index (χ3n) is 4.43. The number of aromatic nitrogens is 1. The van der Waals surface area contributed by atoms with E-state index < -0.39 is 11.4 Å². The van der Waals surface area contributed by atoms with Crippen molar-refractivity contribution in [1.82, 2.24) is 9.47 Å². The summed E-state index contributed by atoms with van der Waals surface area (Å²) < 4.78 is 6.45. The van der Waals surface area contributed by atoms with E-state index in [1.54, 1.807) is 29.2 Å². The van der Waals surface area contributed by atoms with Gasteiger partial charge in [0.1, 0.15) is 6.54 Å². The van der Waals surface area contributed by atoms with E-state index in [-0.39, 0.29) is 19.1 Å². The number of nitrogens with zero attached hydrogens (tertiary/aromatic N) is 2. The third kappa shape index (κ3) is 3.16. The van der Waals surface area contributed by atoms with Crippen LogP contribution in [0.2, 0.25) is 0 Å². The Morgan fingerprint density at radius 3 is 2.83 bits per heavy atom. The maximum atomic E-state index is 12.5. The smallest absolute Gasteiger partial charge is 0.408 e. The van der Waals surface area contributed by atoms with Crippen LogP contribution in [-0.4, -0.2) is 50.9 Å². The van der Waals surface area contributed by atoms with Crippen LogP contribution >= 0.6 is 0 Å². The van der Waals surface area contributed by atoms with Crippen LogP contribution in [-0.2, 0) is 11.3 Å². The molecule has 1 aromatic carbocycles. The fourth-order valence-corrected chi connectivity index (χ4v) is 2.99. The van der Waals surface area contributed by atoms with Gasteiger partial charge >= 0.3 is 5.76 Å². The maximum absolute atomic E-state index is 12.5. The van der Waals surface area contributed by atoms with Crippen molar-refractivity contribution in [2.24, 2.45) is 0 Å². The number of oxazole rings is 1. The lowest BCUT2D eigenvalue weighted by molar-refractivity contribution is -0.132. The highest BCUT2D eigenvalue weighted by Gasteiger charge is 2.31. The molecular formula is C16H20N2O5. The molecule has 2 aromatic rings. The topological polar surface area (TPSA) is 95.9 Å². The molecule has 0 bridgehead atoms. The van der Waals surface area contributed by atoms with Gasteiger partial charge in [-0.25, -0.2) is 4.79 Å². The minimum Gasteiger partial charge on any atom is -0.408 e. The Morgan fingerprint density at radius 2 is 2.04 bits per heavy atom. The van der Waals surface area contributed by atoms with Crippen LogP contribution in [0, 0.1) is 0 Å². The second-order valence-electron chi connectivity index (χ2n) is 6.04. The molecule has 0 radical (unpaired) electrons. The number of rotatable bonds is 3. The molecule has 1 amide bonds. The molecule has 3 rings (SSSR count). The molecular weight excluding hydrogens is 300 g/mol. The number of amides is 1. The Kier molecular flexibility index (Phi) is 4.23. The van der Waals surface area contributed by atoms with E-state index in [1.165, 1.54) is 4.57 Å². The molecule has 7 nitrogen and oxygen atoms in total. The monoisotopic (exact) mass is 320 g/mol. The molecule has 2 N–H and O–H groups in total. The van der Waals surface area contributed by atoms with Gasteiger partial charge in [-0.3, -0.25) is 9.36 Å². The number of likely N-dealkylation sites (tertiary alicyclic amines) is 1. The van der Waals surface area contributed by atoms with Crippen LogP contribution < -0.4 is 5.76 Å². The zero-order chi connectivity index (χ0) is 16.4. The van der Waals surface area contributed by atoms with Gasteiger partial charge in [0.2, 0.25) is 5.91 Å². The number of benzene rings is 1. The first-order chi connectivity index (χ1) is 11.0. The van der Waals surface area contributed by atoms with E-state index in [0.717, 1.165) is 0 Å². The molecule has 7 heteroatoms. The zero-order valence-corrected chi connectivity index (χ0v) is 12.8. The van der Waals surface area contributed by atoms with E-state index in [4.69, 9.17) is 4.42 Å². The number of para-hydroxylation sites is 2. The first-order valence-electron chi connectivity index (χ1n) is 7.72. The molecule has 1 aliphatic rings. The molecule has 0 saturated carbocycles. The van der Waals surface area contributed by atoms with E-state index in [2.05, 4.69) is 0 Å². The van der Waals surface area contributed by atoms with Crippen molar-refractivity contribution in [3.05, 3.63) is 34.8 Å². The highest BCUT2D eigenvalue weighted by molar-refractivity contribution is 5.79. The summed E-state index contributed by atoms with van der Waals surface area (Å²) in [5.41, 5.74) is -0.0721. The summed E-state index contributed by atoms with van der Waals surface area (Å²) in [6.45, 7) is 0.473. The van der Waals surface area contributed by atoms with Crippen molar-refractivity contribution in [3.8, 4) is 0 Å². The molecule has 23 heavy (non-hydrogen) atoms. The molecule has 1 fully saturated rings. The molecule has 2 heterocycles. The second kappa shape index (κ2) is 6.17. The highest BCUT2D eigenvalue weighted by atomic mass is 16.4. The van der Waals surface area contributed by atoms with Gasteiger partial charge in [0.15, 0.2) is 5.58 Å². The first-order valence-corrected chi connectivity index (χ1v) is 7.72. The SMILES string of the molecule is O=C(Cn1c(=O)oc2ccccc21)N1CCC[C@@](O)(CO)CC1. The summed E-state index contributed by atoms with van der Waals surface area (Å²) in [6.07, 6.45) is 1.40. The molecule has 1 saturated heterocycles. The van der Waals surface area contributed by atoms with Crippen LogP contribution in [0.15, 0.2) is 33.5 Å². The average Bonchev–Trinajstić information content (AvgIpc) is 2.73. The van der Waals surface area contributed by atoms with Crippen molar-refractivity contribution >= 4 is 17.0 Å². The summed E-state index contributed by atoms with van der Waals surface area (Å²) in [5, 5.41) is 19.4. The minimum absolute atomic E-state index is 0.0899. The van der Waals surface area contributed by atoms with Crippen molar-refractivity contribution in [1.29, 1.82) is 0 Å². The number of hydrogen-bond donors (Lipinski definition) is 2. The summed E-state index contributed by atoms with van der Waals surface area (Å²) in [4.78, 5) is 26.0. The zero-order valence-electron chi connectivity index (χ0n) is 12.8. The predicted molar refractivity (Wildman–Crippen MR) is 82.9 cm³/mol. The summed E-state index contributed by atoms with van der Waals surface area (Å²) in [5.74, 6) is -0.748. The molecule has 0 unspecified atom stereocenters. The number of fused-ring (bicyclic) bond motifs is 1. The highest BCUT2D eigenvalue weighted by Crippen LogP contribution is 2.22. The molecule has 0 spiro atoms. The van der Waals surface area contributed by atoms with E-state index in [0.29, 0.717) is 43.5 Å². The van der Waals surface area contributed by atoms with Crippen molar-refractivity contribution in [3.63, 3.8) is 0 Å². The quantitative estimate of drug-likeness (QED) is 0.850. The van der Waals surface area contributed by atoms with E-state index in [1.807, 2.05) is 0 Å². The Hall–Kier alpha value is -2.12. The normalized spacial score (nSPS) is 22.3. The molecule has 0 aliphatic carbocycles. The largest absolute Gasteiger partial charge is 0.420 e. The predicted octanol–water partition coefficient (Wildman–Crippen LogP) is 0.330. The van der Waals surface area contributed by atoms with Gasteiger partial charge in [-0.05, 0) is 31.4 Å². The summed E-state index contributed by atoms with van der Waals surface area (Å²) >= 11 is 0. The van der Waals surface area contributed by atoms with Crippen molar-refractivity contribution in [2.45, 2.75) is 31.4 Å². The molecule has 1 aliphatic heterocycles. The van der Waals surface area contributed by atoms with Crippen molar-refractivity contribution < 1.29 is 19.4 Å². The van der Waals surface area contributed by atoms with Crippen LogP contribution in [0.25, 0.3) is 11.1 Å². The fraction of sp³-hybridized carbons (Fsp3) is 0.500. The molecule has 124 valence electrons. The van der Waals surface area contributed by atoms with Crippen LogP contribution in [0.3, 0.4) is 0 Å². The second-order valence-corrected chi connectivity index (χ2v) is 6.04. The number of carbonyl (C=O) groups excluding carboxylic acids is 1. The minimum atomic E-state index is -1.12. The third-order valence-corrected chi connectivity index (χ3v) is 4.43. The Bertz CT molecular complexity index is 765. The van der Waals surface area contributed by atoms with E-state index in [9.17, 15) is 19.8 Å². The van der Waals surface area contributed by atoms with Gasteiger partial charge < -0.3 is 19.5 Å². The van der Waals surface area contributed by atoms with Gasteiger partial charge in [0.05, 0.1) is 17.7 Å². The Morgan fingerprint density at radius 1 is 1.26 bits per heavy atom. The average molecular weight is 320 g/mol. The Balaban J connectivity index is 1.76. The number of aliphatic hydroxyl groups is 2. The number of carbonyl (C=O) groups is 1. The van der Waals surface area contributed by atoms with Crippen LogP contribution in [0.1, 0.15) is 19.3 Å². The van der Waals surface area contributed by atoms with Gasteiger partial charge in [0, 0.05) is 13.1 Å². The molecule has 1 atom stereocenters. The fourth-order valence-electron chi connectivity index (χ4n) is 2.99. The van der Waals surface area contributed by atoms with Crippen LogP contribution in [0.4, 0.5) is 0 Å². The van der Waals surface area contributed by atoms with Crippen LogP contribution in [0.5, 0.6) is 0 Å². The lowest BCUT2D eigenvalue weighted by atomic mass is 9.96.